The highest BCUT2D eigenvalue weighted by Crippen LogP contribution is 2.45. The van der Waals surface area contributed by atoms with Crippen LogP contribution in [0.1, 0.15) is 0 Å². The zero-order valence-corrected chi connectivity index (χ0v) is 23.8. The van der Waals surface area contributed by atoms with Gasteiger partial charge in [-0.3, -0.25) is 0 Å². The predicted molar refractivity (Wildman–Crippen MR) is 182 cm³/mol. The summed E-state index contributed by atoms with van der Waals surface area (Å²) in [4.78, 5) is 2.41. The Morgan fingerprint density at radius 3 is 1.83 bits per heavy atom. The fraction of sp³-hybridized carbons (Fsp3) is 0. The molecule has 42 heavy (non-hydrogen) atoms. The second-order valence-corrected chi connectivity index (χ2v) is 11.7. The molecule has 0 unspecified atom stereocenters. The number of anilines is 3. The van der Waals surface area contributed by atoms with E-state index in [0.29, 0.717) is 0 Å². The first-order chi connectivity index (χ1) is 20.8. The molecule has 0 N–H and O–H groups in total. The molecule has 0 aliphatic rings. The van der Waals surface area contributed by atoms with Crippen molar-refractivity contribution >= 4 is 59.3 Å². The Morgan fingerprint density at radius 2 is 1.00 bits per heavy atom. The number of nitrogens with zero attached hydrogens (tertiary/aromatic N) is 1. The Labute approximate surface area is 249 Å². The number of hydrogen-bond acceptors (Lipinski definition) is 2. The van der Waals surface area contributed by atoms with Gasteiger partial charge in [0.15, 0.2) is 0 Å². The van der Waals surface area contributed by atoms with Crippen LogP contribution in [0.15, 0.2) is 164 Å². The molecule has 0 aliphatic carbocycles. The van der Waals surface area contributed by atoms with Crippen molar-refractivity contribution in [1.29, 1.82) is 0 Å². The van der Waals surface area contributed by atoms with Gasteiger partial charge < -0.3 is 4.90 Å². The highest BCUT2D eigenvalue weighted by atomic mass is 32.1. The molecule has 1 nitrogen and oxygen atoms in total. The van der Waals surface area contributed by atoms with Gasteiger partial charge in [0.1, 0.15) is 0 Å². The minimum atomic E-state index is 1.14. The molecule has 0 bridgehead atoms. The first kappa shape index (κ1) is 24.6. The van der Waals surface area contributed by atoms with E-state index in [1.807, 2.05) is 11.3 Å². The highest BCUT2D eigenvalue weighted by molar-refractivity contribution is 7.26. The van der Waals surface area contributed by atoms with E-state index in [4.69, 9.17) is 0 Å². The van der Waals surface area contributed by atoms with Crippen molar-refractivity contribution in [3.8, 4) is 22.3 Å². The lowest BCUT2D eigenvalue weighted by Gasteiger charge is -2.26. The molecule has 198 valence electrons. The SMILES string of the molecule is c1ccc(-c2cccc(-c3ccc(N(c4ccc5ccccc5c4)c4cccc5c4sc4ccccc45)cc3)c2)cc1. The second kappa shape index (κ2) is 10.3. The smallest absolute Gasteiger partial charge is 0.0640 e. The molecule has 8 aromatic rings. The van der Waals surface area contributed by atoms with Crippen molar-refractivity contribution in [2.24, 2.45) is 0 Å². The third kappa shape index (κ3) is 4.34. The van der Waals surface area contributed by atoms with Crippen LogP contribution in [0.2, 0.25) is 0 Å². The van der Waals surface area contributed by atoms with Gasteiger partial charge in [0.05, 0.1) is 10.4 Å². The summed E-state index contributed by atoms with van der Waals surface area (Å²) in [6, 6.07) is 59.2. The van der Waals surface area contributed by atoms with Gasteiger partial charge >= 0.3 is 0 Å². The third-order valence-corrected chi connectivity index (χ3v) is 9.25. The van der Waals surface area contributed by atoms with Crippen LogP contribution in [0.3, 0.4) is 0 Å². The van der Waals surface area contributed by atoms with Gasteiger partial charge in [0, 0.05) is 26.8 Å². The van der Waals surface area contributed by atoms with Crippen LogP contribution in [0, 0.1) is 0 Å². The summed E-state index contributed by atoms with van der Waals surface area (Å²) in [6.45, 7) is 0. The molecule has 0 aliphatic heterocycles. The maximum atomic E-state index is 2.41. The molecule has 0 fully saturated rings. The van der Waals surface area contributed by atoms with E-state index in [1.165, 1.54) is 58.9 Å². The van der Waals surface area contributed by atoms with Gasteiger partial charge in [-0.25, -0.2) is 0 Å². The van der Waals surface area contributed by atoms with Crippen LogP contribution in [0.5, 0.6) is 0 Å². The Hall–Kier alpha value is -5.18. The van der Waals surface area contributed by atoms with Gasteiger partial charge in [0.2, 0.25) is 0 Å². The zero-order chi connectivity index (χ0) is 27.9. The fourth-order valence-electron chi connectivity index (χ4n) is 5.96. The van der Waals surface area contributed by atoms with Crippen LogP contribution in [-0.2, 0) is 0 Å². The van der Waals surface area contributed by atoms with Crippen molar-refractivity contribution in [2.75, 3.05) is 4.90 Å². The molecule has 0 atom stereocenters. The van der Waals surface area contributed by atoms with E-state index in [1.54, 1.807) is 0 Å². The topological polar surface area (TPSA) is 3.24 Å². The van der Waals surface area contributed by atoms with Crippen molar-refractivity contribution in [3.63, 3.8) is 0 Å². The summed E-state index contributed by atoms with van der Waals surface area (Å²) in [5.74, 6) is 0. The van der Waals surface area contributed by atoms with E-state index in [2.05, 4.69) is 169 Å². The highest BCUT2D eigenvalue weighted by Gasteiger charge is 2.18. The Bertz CT molecular complexity index is 2190. The summed E-state index contributed by atoms with van der Waals surface area (Å²) >= 11 is 1.87. The Morgan fingerprint density at radius 1 is 0.381 bits per heavy atom. The second-order valence-electron chi connectivity index (χ2n) is 10.6. The van der Waals surface area contributed by atoms with Gasteiger partial charge in [-0.15, -0.1) is 11.3 Å². The average molecular weight is 554 g/mol. The maximum absolute atomic E-state index is 2.41. The summed E-state index contributed by atoms with van der Waals surface area (Å²) in [6.07, 6.45) is 0. The van der Waals surface area contributed by atoms with Crippen molar-refractivity contribution in [3.05, 3.63) is 164 Å². The molecule has 0 radical (unpaired) electrons. The summed E-state index contributed by atoms with van der Waals surface area (Å²) in [7, 11) is 0. The van der Waals surface area contributed by atoms with Crippen molar-refractivity contribution < 1.29 is 0 Å². The summed E-state index contributed by atoms with van der Waals surface area (Å²) < 4.78 is 2.61. The maximum Gasteiger partial charge on any atom is 0.0640 e. The first-order valence-corrected chi connectivity index (χ1v) is 15.1. The van der Waals surface area contributed by atoms with E-state index < -0.39 is 0 Å². The van der Waals surface area contributed by atoms with Crippen LogP contribution in [0.4, 0.5) is 17.1 Å². The molecule has 1 aromatic heterocycles. The Balaban J connectivity index is 1.27. The minimum absolute atomic E-state index is 1.14. The van der Waals surface area contributed by atoms with Gasteiger partial charge in [-0.2, -0.15) is 0 Å². The lowest BCUT2D eigenvalue weighted by Crippen LogP contribution is -2.10. The molecule has 7 aromatic carbocycles. The third-order valence-electron chi connectivity index (χ3n) is 8.04. The van der Waals surface area contributed by atoms with Crippen LogP contribution in [0.25, 0.3) is 53.2 Å². The molecule has 0 spiro atoms. The van der Waals surface area contributed by atoms with Crippen molar-refractivity contribution in [1.82, 2.24) is 0 Å². The number of benzene rings is 7. The number of fused-ring (bicyclic) bond motifs is 4. The quantitative estimate of drug-likeness (QED) is 0.205. The summed E-state index contributed by atoms with van der Waals surface area (Å²) in [5, 5.41) is 5.09. The van der Waals surface area contributed by atoms with Gasteiger partial charge in [-0.05, 0) is 75.5 Å². The van der Waals surface area contributed by atoms with Gasteiger partial charge in [0.25, 0.3) is 0 Å². The Kier molecular flexibility index (Phi) is 6.05. The van der Waals surface area contributed by atoms with Crippen LogP contribution in [-0.4, -0.2) is 0 Å². The number of hydrogen-bond donors (Lipinski definition) is 0. The van der Waals surface area contributed by atoms with E-state index in [-0.39, 0.29) is 0 Å². The monoisotopic (exact) mass is 553 g/mol. The lowest BCUT2D eigenvalue weighted by atomic mass is 9.99. The normalized spacial score (nSPS) is 11.3. The number of thiophene rings is 1. The molecule has 0 amide bonds. The molecule has 0 saturated heterocycles. The van der Waals surface area contributed by atoms with E-state index >= 15 is 0 Å². The molecular formula is C40H27NS. The fourth-order valence-corrected chi connectivity index (χ4v) is 7.17. The van der Waals surface area contributed by atoms with Crippen molar-refractivity contribution in [2.45, 2.75) is 0 Å². The van der Waals surface area contributed by atoms with E-state index in [9.17, 15) is 0 Å². The van der Waals surface area contributed by atoms with Crippen LogP contribution < -0.4 is 4.90 Å². The van der Waals surface area contributed by atoms with Gasteiger partial charge in [-0.1, -0.05) is 121 Å². The molecule has 1 heterocycles. The average Bonchev–Trinajstić information content (AvgIpc) is 3.45. The molecule has 8 rings (SSSR count). The minimum Gasteiger partial charge on any atom is -0.309 e. The summed E-state index contributed by atoms with van der Waals surface area (Å²) in [5.41, 5.74) is 8.36. The zero-order valence-electron chi connectivity index (χ0n) is 22.9. The predicted octanol–water partition coefficient (Wildman–Crippen LogP) is 12.0. The largest absolute Gasteiger partial charge is 0.309 e. The number of rotatable bonds is 5. The van der Waals surface area contributed by atoms with E-state index in [0.717, 1.165) is 11.4 Å². The van der Waals surface area contributed by atoms with Crippen LogP contribution >= 0.6 is 11.3 Å². The molecule has 2 heteroatoms. The molecule has 0 saturated carbocycles. The molecular weight excluding hydrogens is 527 g/mol. The standard InChI is InChI=1S/C40H27NS/c1-2-10-28(11-3-1)31-14-8-15-32(26-31)30-20-23-34(24-21-30)41(35-25-22-29-12-4-5-13-33(29)27-35)38-18-9-17-37-36-16-6-7-19-39(36)42-40(37)38/h1-27H. The first-order valence-electron chi connectivity index (χ1n) is 14.3. The lowest BCUT2D eigenvalue weighted by molar-refractivity contribution is 1.31.